The third kappa shape index (κ3) is 5.24. The summed E-state index contributed by atoms with van der Waals surface area (Å²) in [5.74, 6) is 0.780. The zero-order valence-electron chi connectivity index (χ0n) is 17.2. The van der Waals surface area contributed by atoms with Gasteiger partial charge in [-0.25, -0.2) is 0 Å². The van der Waals surface area contributed by atoms with Gasteiger partial charge in [0.15, 0.2) is 17.3 Å². The maximum atomic E-state index is 12.2. The number of nitrogens with zero attached hydrogens (tertiary/aromatic N) is 1. The zero-order valence-corrected chi connectivity index (χ0v) is 18.0. The van der Waals surface area contributed by atoms with E-state index in [4.69, 9.17) is 9.47 Å². The summed E-state index contributed by atoms with van der Waals surface area (Å²) in [6.07, 6.45) is 0.150. The van der Waals surface area contributed by atoms with E-state index in [1.54, 1.807) is 43.8 Å². The number of thiophene rings is 1. The summed E-state index contributed by atoms with van der Waals surface area (Å²) in [5, 5.41) is 5.85. The van der Waals surface area contributed by atoms with E-state index in [0.717, 1.165) is 22.2 Å². The summed E-state index contributed by atoms with van der Waals surface area (Å²) in [6, 6.07) is 13.4. The summed E-state index contributed by atoms with van der Waals surface area (Å²) in [5.41, 5.74) is 2.63. The number of amides is 1. The molecule has 7 heteroatoms. The number of carbonyl (C=O) groups excluding carboxylic acids is 2. The lowest BCUT2D eigenvalue weighted by Gasteiger charge is -2.09. The number of Topliss-reactive ketones (excluding diaryl/α,β-unsaturated/α-hetero) is 1. The molecule has 0 saturated heterocycles. The summed E-state index contributed by atoms with van der Waals surface area (Å²) in [7, 11) is 3.10. The highest BCUT2D eigenvalue weighted by atomic mass is 32.1. The number of benzene rings is 2. The van der Waals surface area contributed by atoms with Crippen molar-refractivity contribution in [2.45, 2.75) is 13.3 Å². The molecule has 1 heterocycles. The Hall–Kier alpha value is -3.19. The Labute approximate surface area is 179 Å². The van der Waals surface area contributed by atoms with Crippen LogP contribution in [0.15, 0.2) is 52.8 Å². The molecule has 2 aromatic carbocycles. The molecule has 156 valence electrons. The van der Waals surface area contributed by atoms with Crippen molar-refractivity contribution in [2.75, 3.05) is 27.3 Å². The molecule has 30 heavy (non-hydrogen) atoms. The van der Waals surface area contributed by atoms with Gasteiger partial charge in [0.1, 0.15) is 0 Å². The first-order valence-corrected chi connectivity index (χ1v) is 10.4. The van der Waals surface area contributed by atoms with Gasteiger partial charge in [0.2, 0.25) is 5.91 Å². The molecule has 3 rings (SSSR count). The van der Waals surface area contributed by atoms with Gasteiger partial charge in [0.25, 0.3) is 0 Å². The number of nitrogens with one attached hydrogen (secondary N) is 1. The van der Waals surface area contributed by atoms with Crippen molar-refractivity contribution in [1.82, 2.24) is 5.32 Å². The Morgan fingerprint density at radius 2 is 1.83 bits per heavy atom. The van der Waals surface area contributed by atoms with Gasteiger partial charge < -0.3 is 14.8 Å². The molecule has 1 aromatic heterocycles. The van der Waals surface area contributed by atoms with E-state index in [9.17, 15) is 9.59 Å². The van der Waals surface area contributed by atoms with E-state index >= 15 is 0 Å². The number of ketones is 1. The fourth-order valence-electron chi connectivity index (χ4n) is 3.04. The van der Waals surface area contributed by atoms with Crippen LogP contribution in [0.1, 0.15) is 18.1 Å². The van der Waals surface area contributed by atoms with E-state index in [0.29, 0.717) is 11.5 Å². The van der Waals surface area contributed by atoms with E-state index in [2.05, 4.69) is 27.8 Å². The van der Waals surface area contributed by atoms with Crippen molar-refractivity contribution in [1.29, 1.82) is 0 Å². The molecule has 0 atom stereocenters. The molecule has 0 spiro atoms. The highest BCUT2D eigenvalue weighted by Gasteiger charge is 2.11. The highest BCUT2D eigenvalue weighted by Crippen LogP contribution is 2.28. The second-order valence-corrected chi connectivity index (χ2v) is 7.64. The average Bonchev–Trinajstić information content (AvgIpc) is 3.20. The van der Waals surface area contributed by atoms with Crippen LogP contribution in [0.4, 0.5) is 0 Å². The summed E-state index contributed by atoms with van der Waals surface area (Å²) in [4.78, 5) is 28.8. The third-order valence-corrected chi connectivity index (χ3v) is 5.62. The second-order valence-electron chi connectivity index (χ2n) is 6.73. The molecule has 0 fully saturated rings. The molecule has 0 aliphatic carbocycles. The minimum Gasteiger partial charge on any atom is -0.493 e. The van der Waals surface area contributed by atoms with Gasteiger partial charge in [0, 0.05) is 26.7 Å². The molecular formula is C23H24N2O4S. The first kappa shape index (κ1) is 21.5. The van der Waals surface area contributed by atoms with Crippen LogP contribution in [-0.4, -0.2) is 44.7 Å². The smallest absolute Gasteiger partial charge is 0.224 e. The van der Waals surface area contributed by atoms with E-state index in [1.165, 1.54) is 4.70 Å². The lowest BCUT2D eigenvalue weighted by Crippen LogP contribution is -2.31. The van der Waals surface area contributed by atoms with E-state index in [-0.39, 0.29) is 31.2 Å². The predicted molar refractivity (Wildman–Crippen MR) is 120 cm³/mol. The van der Waals surface area contributed by atoms with Crippen molar-refractivity contribution in [3.63, 3.8) is 0 Å². The number of aliphatic imine (C=N–C) groups is 1. The van der Waals surface area contributed by atoms with Crippen LogP contribution >= 0.6 is 11.3 Å². The van der Waals surface area contributed by atoms with Crippen LogP contribution in [-0.2, 0) is 16.0 Å². The van der Waals surface area contributed by atoms with Crippen LogP contribution in [0.5, 0.6) is 11.5 Å². The second kappa shape index (κ2) is 10.0. The lowest BCUT2D eigenvalue weighted by molar-refractivity contribution is -0.124. The number of fused-ring (bicyclic) bond motifs is 1. The van der Waals surface area contributed by atoms with Gasteiger partial charge in [-0.3, -0.25) is 14.6 Å². The largest absolute Gasteiger partial charge is 0.493 e. The van der Waals surface area contributed by atoms with Crippen molar-refractivity contribution < 1.29 is 19.1 Å². The van der Waals surface area contributed by atoms with Gasteiger partial charge in [-0.05, 0) is 30.7 Å². The molecule has 1 amide bonds. The van der Waals surface area contributed by atoms with Gasteiger partial charge in [-0.1, -0.05) is 24.3 Å². The molecule has 6 nitrogen and oxygen atoms in total. The van der Waals surface area contributed by atoms with Crippen molar-refractivity contribution in [2.24, 2.45) is 4.99 Å². The number of hydrogen-bond acceptors (Lipinski definition) is 6. The fourth-order valence-corrected chi connectivity index (χ4v) is 4.05. The van der Waals surface area contributed by atoms with Crippen LogP contribution in [0.25, 0.3) is 10.1 Å². The Bertz CT molecular complexity index is 1090. The zero-order chi connectivity index (χ0) is 21.5. The first-order valence-electron chi connectivity index (χ1n) is 9.48. The molecule has 0 saturated carbocycles. The molecule has 3 aromatic rings. The van der Waals surface area contributed by atoms with Gasteiger partial charge in [-0.15, -0.1) is 11.3 Å². The number of hydrogen-bond donors (Lipinski definition) is 1. The van der Waals surface area contributed by atoms with Crippen LogP contribution in [0, 0.1) is 0 Å². The molecule has 0 unspecified atom stereocenters. The van der Waals surface area contributed by atoms with Crippen molar-refractivity contribution in [3.8, 4) is 11.5 Å². The van der Waals surface area contributed by atoms with Crippen LogP contribution in [0.2, 0.25) is 0 Å². The fraction of sp³-hybridized carbons (Fsp3) is 0.261. The Kier molecular flexibility index (Phi) is 7.19. The standard InChI is InChI=1S/C23H24N2O4S/c1-15(19-14-30-22-7-5-4-6-18(19)22)24-12-17(26)13-25-23(27)11-16-8-9-20(28-2)21(10-16)29-3/h4-10,14H,11-13H2,1-3H3,(H,25,27). The summed E-state index contributed by atoms with van der Waals surface area (Å²) >= 11 is 1.66. The monoisotopic (exact) mass is 424 g/mol. The van der Waals surface area contributed by atoms with Gasteiger partial charge in [0.05, 0.1) is 33.7 Å². The van der Waals surface area contributed by atoms with Crippen molar-refractivity contribution in [3.05, 3.63) is 59.0 Å². The Morgan fingerprint density at radius 1 is 1.07 bits per heavy atom. The average molecular weight is 425 g/mol. The third-order valence-electron chi connectivity index (χ3n) is 4.66. The topological polar surface area (TPSA) is 77.0 Å². The molecular weight excluding hydrogens is 400 g/mol. The van der Waals surface area contributed by atoms with E-state index in [1.807, 2.05) is 19.1 Å². The Balaban J connectivity index is 1.51. The maximum Gasteiger partial charge on any atom is 0.224 e. The number of methoxy groups -OCH3 is 2. The van der Waals surface area contributed by atoms with E-state index < -0.39 is 0 Å². The molecule has 0 aliphatic heterocycles. The van der Waals surface area contributed by atoms with Crippen LogP contribution in [0.3, 0.4) is 0 Å². The predicted octanol–water partition coefficient (Wildman–Crippen LogP) is 3.66. The summed E-state index contributed by atoms with van der Waals surface area (Å²) < 4.78 is 11.6. The number of ether oxygens (including phenoxy) is 2. The lowest BCUT2D eigenvalue weighted by atomic mass is 10.1. The normalized spacial score (nSPS) is 11.4. The SMILES string of the molecule is COc1ccc(CC(=O)NCC(=O)CN=C(C)c2csc3ccccc23)cc1OC. The van der Waals surface area contributed by atoms with Crippen LogP contribution < -0.4 is 14.8 Å². The molecule has 0 bridgehead atoms. The Morgan fingerprint density at radius 3 is 2.60 bits per heavy atom. The first-order chi connectivity index (χ1) is 14.5. The van der Waals surface area contributed by atoms with Gasteiger partial charge >= 0.3 is 0 Å². The number of carbonyl (C=O) groups is 2. The molecule has 0 aliphatic rings. The van der Waals surface area contributed by atoms with Crippen molar-refractivity contribution >= 4 is 38.8 Å². The minimum atomic E-state index is -0.236. The number of rotatable bonds is 9. The maximum absolute atomic E-state index is 12.2. The quantitative estimate of drug-likeness (QED) is 0.532. The highest BCUT2D eigenvalue weighted by molar-refractivity contribution is 7.17. The minimum absolute atomic E-state index is 0.0344. The molecule has 0 radical (unpaired) electrons. The van der Waals surface area contributed by atoms with Gasteiger partial charge in [-0.2, -0.15) is 0 Å². The molecule has 1 N–H and O–H groups in total. The summed E-state index contributed by atoms with van der Waals surface area (Å²) in [6.45, 7) is 1.89.